The fraction of sp³-hybridized carbons (Fsp3) is 0.600. The van der Waals surface area contributed by atoms with Gasteiger partial charge < -0.3 is 5.11 Å². The minimum Gasteiger partial charge on any atom is -0.389 e. The Kier molecular flexibility index (Phi) is 5.30. The van der Waals surface area contributed by atoms with Crippen LogP contribution in [0.3, 0.4) is 0 Å². The van der Waals surface area contributed by atoms with Crippen LogP contribution in [0.25, 0.3) is 5.57 Å². The molecule has 1 unspecified atom stereocenters. The van der Waals surface area contributed by atoms with E-state index in [1.807, 2.05) is 19.9 Å². The number of halogens is 2. The van der Waals surface area contributed by atoms with E-state index in [9.17, 15) is 13.9 Å². The van der Waals surface area contributed by atoms with Gasteiger partial charge in [-0.05, 0) is 55.4 Å². The molecule has 0 saturated heterocycles. The van der Waals surface area contributed by atoms with Crippen molar-refractivity contribution in [2.75, 3.05) is 0 Å². The molecular weight excluding hydrogens is 294 g/mol. The van der Waals surface area contributed by atoms with Crippen LogP contribution in [0.2, 0.25) is 0 Å². The standard InChI is InChI=1S/C20H28F2O/c1-5-16(6-2)18-13-17(8-7-14(18)3)15(4)19(23)9-11-20(21,22)12-10-19/h5,7-8,13,15,23H,6,9-12H2,1-4H3/b16-5+. The number of rotatable bonds is 4. The quantitative estimate of drug-likeness (QED) is 0.737. The lowest BCUT2D eigenvalue weighted by Crippen LogP contribution is -2.42. The molecule has 1 aromatic carbocycles. The maximum Gasteiger partial charge on any atom is 0.248 e. The summed E-state index contributed by atoms with van der Waals surface area (Å²) in [6.45, 7) is 8.20. The van der Waals surface area contributed by atoms with Crippen LogP contribution in [0.5, 0.6) is 0 Å². The normalized spacial score (nSPS) is 22.0. The highest BCUT2D eigenvalue weighted by atomic mass is 19.3. The van der Waals surface area contributed by atoms with Crippen molar-refractivity contribution in [2.24, 2.45) is 0 Å². The van der Waals surface area contributed by atoms with Gasteiger partial charge in [0.1, 0.15) is 0 Å². The minimum absolute atomic E-state index is 0.145. The van der Waals surface area contributed by atoms with Gasteiger partial charge in [-0.2, -0.15) is 0 Å². The number of aryl methyl sites for hydroxylation is 1. The van der Waals surface area contributed by atoms with E-state index < -0.39 is 11.5 Å². The molecule has 1 saturated carbocycles. The van der Waals surface area contributed by atoms with Gasteiger partial charge in [0.25, 0.3) is 0 Å². The van der Waals surface area contributed by atoms with Crippen LogP contribution in [0.1, 0.15) is 75.5 Å². The molecule has 1 N–H and O–H groups in total. The average molecular weight is 322 g/mol. The first-order chi connectivity index (χ1) is 10.7. The van der Waals surface area contributed by atoms with Crippen LogP contribution in [0.4, 0.5) is 8.78 Å². The van der Waals surface area contributed by atoms with E-state index in [0.717, 1.165) is 12.0 Å². The van der Waals surface area contributed by atoms with E-state index in [-0.39, 0.29) is 31.6 Å². The summed E-state index contributed by atoms with van der Waals surface area (Å²) in [6, 6.07) is 6.22. The van der Waals surface area contributed by atoms with Crippen molar-refractivity contribution in [3.8, 4) is 0 Å². The Bertz CT molecular complexity index is 579. The molecular formula is C20H28F2O. The third-order valence-corrected chi connectivity index (χ3v) is 5.49. The number of hydrogen-bond acceptors (Lipinski definition) is 1. The zero-order valence-electron chi connectivity index (χ0n) is 14.6. The van der Waals surface area contributed by atoms with Crippen molar-refractivity contribution in [1.82, 2.24) is 0 Å². The largest absolute Gasteiger partial charge is 0.389 e. The van der Waals surface area contributed by atoms with E-state index in [4.69, 9.17) is 0 Å². The first kappa shape index (κ1) is 18.1. The summed E-state index contributed by atoms with van der Waals surface area (Å²) in [4.78, 5) is 0. The highest BCUT2D eigenvalue weighted by molar-refractivity contribution is 5.68. The molecule has 3 heteroatoms. The molecule has 0 bridgehead atoms. The predicted octanol–water partition coefficient (Wildman–Crippen LogP) is 5.85. The van der Waals surface area contributed by atoms with Crippen molar-refractivity contribution >= 4 is 5.57 Å². The topological polar surface area (TPSA) is 20.2 Å². The second kappa shape index (κ2) is 6.72. The Labute approximate surface area is 138 Å². The van der Waals surface area contributed by atoms with E-state index in [0.29, 0.717) is 0 Å². The fourth-order valence-electron chi connectivity index (χ4n) is 3.60. The SMILES string of the molecule is C/C=C(\CC)c1cc(C(C)C2(O)CCC(F)(F)CC2)ccc1C. The molecule has 0 aromatic heterocycles. The van der Waals surface area contributed by atoms with Gasteiger partial charge in [0.15, 0.2) is 0 Å². The Morgan fingerprint density at radius 2 is 1.87 bits per heavy atom. The molecule has 0 amide bonds. The van der Waals surface area contributed by atoms with Gasteiger partial charge in [-0.1, -0.05) is 38.1 Å². The molecule has 128 valence electrons. The first-order valence-electron chi connectivity index (χ1n) is 8.59. The van der Waals surface area contributed by atoms with Gasteiger partial charge in [-0.25, -0.2) is 8.78 Å². The van der Waals surface area contributed by atoms with E-state index >= 15 is 0 Å². The zero-order valence-corrected chi connectivity index (χ0v) is 14.6. The van der Waals surface area contributed by atoms with E-state index in [1.54, 1.807) is 0 Å². The lowest BCUT2D eigenvalue weighted by molar-refractivity contribution is -0.111. The summed E-state index contributed by atoms with van der Waals surface area (Å²) in [7, 11) is 0. The summed E-state index contributed by atoms with van der Waals surface area (Å²) in [5.74, 6) is -2.77. The molecule has 1 nitrogen and oxygen atoms in total. The van der Waals surface area contributed by atoms with Crippen LogP contribution < -0.4 is 0 Å². The van der Waals surface area contributed by atoms with Crippen LogP contribution in [-0.2, 0) is 0 Å². The van der Waals surface area contributed by atoms with E-state index in [1.165, 1.54) is 16.7 Å². The molecule has 0 aliphatic heterocycles. The maximum absolute atomic E-state index is 13.4. The predicted molar refractivity (Wildman–Crippen MR) is 91.9 cm³/mol. The van der Waals surface area contributed by atoms with Gasteiger partial charge in [0.05, 0.1) is 5.60 Å². The van der Waals surface area contributed by atoms with Crippen LogP contribution in [0.15, 0.2) is 24.3 Å². The summed E-state index contributed by atoms with van der Waals surface area (Å²) < 4.78 is 26.8. The van der Waals surface area contributed by atoms with Gasteiger partial charge >= 0.3 is 0 Å². The molecule has 0 heterocycles. The van der Waals surface area contributed by atoms with Crippen LogP contribution in [-0.4, -0.2) is 16.6 Å². The number of hydrogen-bond donors (Lipinski definition) is 1. The Balaban J connectivity index is 2.30. The first-order valence-corrected chi connectivity index (χ1v) is 8.59. The minimum atomic E-state index is -2.62. The molecule has 1 aliphatic carbocycles. The van der Waals surface area contributed by atoms with Crippen molar-refractivity contribution in [3.63, 3.8) is 0 Å². The number of allylic oxidation sites excluding steroid dienone is 2. The third-order valence-electron chi connectivity index (χ3n) is 5.49. The highest BCUT2D eigenvalue weighted by Crippen LogP contribution is 2.45. The second-order valence-electron chi connectivity index (χ2n) is 6.92. The lowest BCUT2D eigenvalue weighted by Gasteiger charge is -2.40. The van der Waals surface area contributed by atoms with Crippen LogP contribution in [0, 0.1) is 6.92 Å². The second-order valence-corrected chi connectivity index (χ2v) is 6.92. The maximum atomic E-state index is 13.4. The van der Waals surface area contributed by atoms with Crippen molar-refractivity contribution in [2.45, 2.75) is 77.2 Å². The lowest BCUT2D eigenvalue weighted by atomic mass is 9.72. The summed E-state index contributed by atoms with van der Waals surface area (Å²) in [5, 5.41) is 10.9. The van der Waals surface area contributed by atoms with Crippen LogP contribution >= 0.6 is 0 Å². The Morgan fingerprint density at radius 1 is 1.26 bits per heavy atom. The smallest absolute Gasteiger partial charge is 0.248 e. The number of aliphatic hydroxyl groups is 1. The number of benzene rings is 1. The molecule has 23 heavy (non-hydrogen) atoms. The fourth-order valence-corrected chi connectivity index (χ4v) is 3.60. The summed E-state index contributed by atoms with van der Waals surface area (Å²) in [5.41, 5.74) is 3.68. The summed E-state index contributed by atoms with van der Waals surface area (Å²) >= 11 is 0. The van der Waals surface area contributed by atoms with Gasteiger partial charge in [0, 0.05) is 18.8 Å². The zero-order chi connectivity index (χ0) is 17.3. The molecule has 1 aliphatic rings. The summed E-state index contributed by atoms with van der Waals surface area (Å²) in [6.07, 6.45) is 2.95. The third kappa shape index (κ3) is 3.82. The average Bonchev–Trinajstić information content (AvgIpc) is 2.53. The monoisotopic (exact) mass is 322 g/mol. The van der Waals surface area contributed by atoms with Gasteiger partial charge in [0.2, 0.25) is 5.92 Å². The Hall–Kier alpha value is -1.22. The highest BCUT2D eigenvalue weighted by Gasteiger charge is 2.45. The van der Waals surface area contributed by atoms with Crippen molar-refractivity contribution < 1.29 is 13.9 Å². The van der Waals surface area contributed by atoms with Crippen molar-refractivity contribution in [1.29, 1.82) is 0 Å². The molecule has 1 fully saturated rings. The Morgan fingerprint density at radius 3 is 2.39 bits per heavy atom. The van der Waals surface area contributed by atoms with Gasteiger partial charge in [-0.15, -0.1) is 0 Å². The molecule has 1 aromatic rings. The van der Waals surface area contributed by atoms with Gasteiger partial charge in [-0.3, -0.25) is 0 Å². The molecule has 1 atom stereocenters. The van der Waals surface area contributed by atoms with Crippen molar-refractivity contribution in [3.05, 3.63) is 41.0 Å². The molecule has 2 rings (SSSR count). The molecule has 0 radical (unpaired) electrons. The number of alkyl halides is 2. The van der Waals surface area contributed by atoms with E-state index in [2.05, 4.69) is 32.1 Å². The molecule has 0 spiro atoms.